The van der Waals surface area contributed by atoms with Gasteiger partial charge in [-0.05, 0) is 50.0 Å². The summed E-state index contributed by atoms with van der Waals surface area (Å²) in [5.74, 6) is -2.07. The van der Waals surface area contributed by atoms with Crippen LogP contribution in [0.25, 0.3) is 0 Å². The molecule has 0 saturated carbocycles. The number of rotatable bonds is 2. The van der Waals surface area contributed by atoms with Crippen LogP contribution in [0, 0.1) is 5.92 Å². The second-order valence-corrected chi connectivity index (χ2v) is 7.74. The van der Waals surface area contributed by atoms with Crippen molar-refractivity contribution in [2.75, 3.05) is 18.4 Å². The topological polar surface area (TPSA) is 89.5 Å². The molecule has 1 aliphatic heterocycles. The number of hydrogen-bond acceptors (Lipinski definition) is 5. The molecular formula is C17H21N2O4S-. The lowest BCUT2D eigenvalue weighted by Gasteiger charge is -2.29. The van der Waals surface area contributed by atoms with Crippen LogP contribution in [0.5, 0.6) is 0 Å². The predicted octanol–water partition coefficient (Wildman–Crippen LogP) is 1.19. The highest BCUT2D eigenvalue weighted by Crippen LogP contribution is 2.37. The molecule has 0 bridgehead atoms. The molecule has 1 aromatic rings. The summed E-state index contributed by atoms with van der Waals surface area (Å²) in [5.41, 5.74) is 0.823. The van der Waals surface area contributed by atoms with Gasteiger partial charge in [-0.15, -0.1) is 11.3 Å². The third-order valence-electron chi connectivity index (χ3n) is 4.87. The van der Waals surface area contributed by atoms with E-state index < -0.39 is 17.8 Å². The Morgan fingerprint density at radius 2 is 1.83 bits per heavy atom. The van der Waals surface area contributed by atoms with Crippen LogP contribution in [0.1, 0.15) is 53.4 Å². The van der Waals surface area contributed by atoms with Crippen LogP contribution < -0.4 is 10.4 Å². The molecule has 7 heteroatoms. The second kappa shape index (κ2) is 6.93. The van der Waals surface area contributed by atoms with E-state index in [0.29, 0.717) is 25.4 Å². The van der Waals surface area contributed by atoms with Crippen molar-refractivity contribution in [3.63, 3.8) is 0 Å². The van der Waals surface area contributed by atoms with Crippen molar-refractivity contribution in [1.29, 1.82) is 0 Å². The van der Waals surface area contributed by atoms with Crippen molar-refractivity contribution in [2.45, 2.75) is 45.4 Å². The molecule has 1 aromatic heterocycles. The number of hydrogen-bond donors (Lipinski definition) is 1. The molecule has 2 heterocycles. The average Bonchev–Trinajstić information content (AvgIpc) is 2.92. The van der Waals surface area contributed by atoms with E-state index in [2.05, 4.69) is 12.2 Å². The van der Waals surface area contributed by atoms with Gasteiger partial charge in [-0.1, -0.05) is 6.92 Å². The van der Waals surface area contributed by atoms with E-state index in [4.69, 9.17) is 0 Å². The maximum Gasteiger partial charge on any atom is 0.314 e. The van der Waals surface area contributed by atoms with Crippen molar-refractivity contribution in [1.82, 2.24) is 4.90 Å². The first kappa shape index (κ1) is 17.0. The number of nitrogens with zero attached hydrogens (tertiary/aromatic N) is 1. The van der Waals surface area contributed by atoms with Gasteiger partial charge in [0.05, 0.1) is 5.97 Å². The number of nitrogens with one attached hydrogen (secondary N) is 1. The van der Waals surface area contributed by atoms with Gasteiger partial charge >= 0.3 is 11.8 Å². The predicted molar refractivity (Wildman–Crippen MR) is 88.9 cm³/mol. The molecule has 2 amide bonds. The molecule has 2 aliphatic rings. The molecular weight excluding hydrogens is 328 g/mol. The van der Waals surface area contributed by atoms with Crippen molar-refractivity contribution in [2.24, 2.45) is 5.92 Å². The number of carboxylic acid groups (broad SMARTS) is 1. The Hall–Kier alpha value is -1.89. The minimum Gasteiger partial charge on any atom is -0.545 e. The smallest absolute Gasteiger partial charge is 0.314 e. The lowest BCUT2D eigenvalue weighted by molar-refractivity contribution is -0.255. The molecule has 1 saturated heterocycles. The van der Waals surface area contributed by atoms with Crippen molar-refractivity contribution < 1.29 is 19.5 Å². The number of carbonyl (C=O) groups is 3. The molecule has 1 fully saturated rings. The summed E-state index contributed by atoms with van der Waals surface area (Å²) in [6.07, 6.45) is 5.21. The zero-order valence-corrected chi connectivity index (χ0v) is 14.5. The summed E-state index contributed by atoms with van der Waals surface area (Å²) in [5, 5.41) is 14.3. The maximum absolute atomic E-state index is 12.3. The zero-order valence-electron chi connectivity index (χ0n) is 13.7. The quantitative estimate of drug-likeness (QED) is 0.812. The molecule has 1 N–H and O–H groups in total. The first-order chi connectivity index (χ1) is 11.5. The fourth-order valence-electron chi connectivity index (χ4n) is 3.38. The van der Waals surface area contributed by atoms with Crippen molar-refractivity contribution in [3.05, 3.63) is 16.0 Å². The molecule has 0 atom stereocenters. The Bertz CT molecular complexity index is 674. The summed E-state index contributed by atoms with van der Waals surface area (Å²) >= 11 is 1.26. The first-order valence-corrected chi connectivity index (χ1v) is 9.25. The van der Waals surface area contributed by atoms with Gasteiger partial charge in [-0.2, -0.15) is 0 Å². The van der Waals surface area contributed by atoms with Gasteiger partial charge in [-0.25, -0.2) is 0 Å². The van der Waals surface area contributed by atoms with Crippen LogP contribution in [0.3, 0.4) is 0 Å². The van der Waals surface area contributed by atoms with Crippen LogP contribution in [0.4, 0.5) is 5.00 Å². The van der Waals surface area contributed by atoms with Crippen LogP contribution in [-0.4, -0.2) is 35.8 Å². The van der Waals surface area contributed by atoms with Gasteiger partial charge in [0.25, 0.3) is 0 Å². The number of fused-ring (bicyclic) bond motifs is 1. The number of aryl methyl sites for hydroxylation is 1. The molecule has 24 heavy (non-hydrogen) atoms. The van der Waals surface area contributed by atoms with E-state index in [1.165, 1.54) is 11.3 Å². The van der Waals surface area contributed by atoms with Crippen molar-refractivity contribution in [3.8, 4) is 0 Å². The molecule has 130 valence electrons. The molecule has 3 rings (SSSR count). The number of thiophene rings is 1. The van der Waals surface area contributed by atoms with Gasteiger partial charge < -0.3 is 20.1 Å². The Morgan fingerprint density at radius 1 is 1.17 bits per heavy atom. The van der Waals surface area contributed by atoms with Crippen LogP contribution in [0.2, 0.25) is 0 Å². The van der Waals surface area contributed by atoms with Crippen molar-refractivity contribution >= 4 is 34.1 Å². The molecule has 0 aromatic carbocycles. The second-order valence-electron chi connectivity index (χ2n) is 6.63. The van der Waals surface area contributed by atoms with Gasteiger partial charge in [-0.3, -0.25) is 9.59 Å². The minimum atomic E-state index is -1.29. The number of carbonyl (C=O) groups excluding carboxylic acids is 3. The normalized spacial score (nSPS) is 18.1. The highest BCUT2D eigenvalue weighted by Gasteiger charge is 2.28. The highest BCUT2D eigenvalue weighted by molar-refractivity contribution is 7.17. The molecule has 0 spiro atoms. The lowest BCUT2D eigenvalue weighted by Crippen LogP contribution is -2.44. The Balaban J connectivity index is 1.75. The monoisotopic (exact) mass is 349 g/mol. The van der Waals surface area contributed by atoms with Gasteiger partial charge in [0.15, 0.2) is 0 Å². The number of aromatic carboxylic acids is 1. The summed E-state index contributed by atoms with van der Waals surface area (Å²) in [6.45, 7) is 3.27. The highest BCUT2D eigenvalue weighted by atomic mass is 32.1. The molecule has 6 nitrogen and oxygen atoms in total. The fourth-order valence-corrected chi connectivity index (χ4v) is 4.65. The molecule has 0 unspecified atom stereocenters. The summed E-state index contributed by atoms with van der Waals surface area (Å²) in [4.78, 5) is 38.6. The van der Waals surface area contributed by atoms with E-state index in [-0.39, 0.29) is 10.6 Å². The van der Waals surface area contributed by atoms with Crippen LogP contribution >= 0.6 is 11.3 Å². The SMILES string of the molecule is CC1CCN(C(=O)C(=O)Nc2sc3c(c2C(=O)[O-])CCCC3)CC1. The lowest BCUT2D eigenvalue weighted by atomic mass is 9.95. The van der Waals surface area contributed by atoms with E-state index >= 15 is 0 Å². The van der Waals surface area contributed by atoms with Gasteiger partial charge in [0.1, 0.15) is 5.00 Å². The number of anilines is 1. The first-order valence-electron chi connectivity index (χ1n) is 8.43. The number of carboxylic acids is 1. The van der Waals surface area contributed by atoms with E-state index in [1.807, 2.05) is 0 Å². The Kier molecular flexibility index (Phi) is 4.89. The zero-order chi connectivity index (χ0) is 17.3. The molecule has 1 aliphatic carbocycles. The number of amides is 2. The van der Waals surface area contributed by atoms with Gasteiger partial charge in [0, 0.05) is 23.5 Å². The summed E-state index contributed by atoms with van der Waals surface area (Å²) in [6, 6.07) is 0. The van der Waals surface area contributed by atoms with E-state index in [1.54, 1.807) is 4.90 Å². The van der Waals surface area contributed by atoms with Crippen LogP contribution in [0.15, 0.2) is 0 Å². The fraction of sp³-hybridized carbons (Fsp3) is 0.588. The summed E-state index contributed by atoms with van der Waals surface area (Å²) < 4.78 is 0. The summed E-state index contributed by atoms with van der Waals surface area (Å²) in [7, 11) is 0. The third-order valence-corrected chi connectivity index (χ3v) is 6.07. The average molecular weight is 349 g/mol. The number of likely N-dealkylation sites (tertiary alicyclic amines) is 1. The Morgan fingerprint density at radius 3 is 2.50 bits per heavy atom. The standard InChI is InChI=1S/C17H22N2O4S/c1-10-6-8-19(9-7-10)16(21)14(20)18-15-13(17(22)23)11-4-2-3-5-12(11)24-15/h10H,2-9H2,1H3,(H,18,20)(H,22,23)/p-1. The molecule has 0 radical (unpaired) electrons. The van der Waals surface area contributed by atoms with Gasteiger partial charge in [0.2, 0.25) is 0 Å². The van der Waals surface area contributed by atoms with E-state index in [0.717, 1.165) is 42.5 Å². The van der Waals surface area contributed by atoms with Crippen LogP contribution in [-0.2, 0) is 22.4 Å². The minimum absolute atomic E-state index is 0.0584. The number of piperidine rings is 1. The van der Waals surface area contributed by atoms with E-state index in [9.17, 15) is 19.5 Å². The Labute approximate surface area is 144 Å². The largest absolute Gasteiger partial charge is 0.545 e. The third kappa shape index (κ3) is 3.31. The maximum atomic E-state index is 12.3.